The number of aliphatic imine (C=N–C) groups is 1. The molecule has 0 saturated carbocycles. The number of hydrogen-bond donors (Lipinski definition) is 1. The predicted octanol–water partition coefficient (Wildman–Crippen LogP) is 2.43. The number of nitriles is 1. The Labute approximate surface area is 135 Å². The quantitative estimate of drug-likeness (QED) is 0.864. The molecule has 0 saturated heterocycles. The Kier molecular flexibility index (Phi) is 4.76. The van der Waals surface area contributed by atoms with Gasteiger partial charge in [-0.1, -0.05) is 32.5 Å². The highest BCUT2D eigenvalue weighted by atomic mass is 32.2. The van der Waals surface area contributed by atoms with E-state index in [-0.39, 0.29) is 22.9 Å². The molecule has 1 aliphatic carbocycles. The van der Waals surface area contributed by atoms with E-state index in [1.165, 1.54) is 11.8 Å². The Bertz CT molecular complexity index is 613. The lowest BCUT2D eigenvalue weighted by Gasteiger charge is -2.37. The number of ketones is 1. The van der Waals surface area contributed by atoms with Crippen molar-refractivity contribution < 1.29 is 9.59 Å². The molecule has 2 aliphatic rings. The van der Waals surface area contributed by atoms with Gasteiger partial charge in [-0.2, -0.15) is 5.26 Å². The number of carbonyl (C=O) groups is 2. The van der Waals surface area contributed by atoms with Crippen molar-refractivity contribution in [3.8, 4) is 6.07 Å². The van der Waals surface area contributed by atoms with Crippen LogP contribution in [0.4, 0.5) is 0 Å². The molecule has 0 aromatic carbocycles. The van der Waals surface area contributed by atoms with Crippen molar-refractivity contribution in [3.05, 3.63) is 11.3 Å². The zero-order chi connectivity index (χ0) is 16.5. The van der Waals surface area contributed by atoms with Crippen LogP contribution < -0.4 is 5.73 Å². The third kappa shape index (κ3) is 3.25. The van der Waals surface area contributed by atoms with Crippen molar-refractivity contribution in [1.82, 2.24) is 0 Å². The molecule has 118 valence electrons. The molecule has 5 nitrogen and oxygen atoms in total. The molecule has 2 atom stereocenters. The molecule has 0 bridgehead atoms. The molecule has 1 amide bonds. The Balaban J connectivity index is 2.45. The fourth-order valence-electron chi connectivity index (χ4n) is 3.22. The number of amides is 1. The van der Waals surface area contributed by atoms with Gasteiger partial charge in [0.1, 0.15) is 5.92 Å². The Morgan fingerprint density at radius 3 is 2.73 bits per heavy atom. The summed E-state index contributed by atoms with van der Waals surface area (Å²) in [5.41, 5.74) is 6.61. The highest BCUT2D eigenvalue weighted by Gasteiger charge is 2.42. The summed E-state index contributed by atoms with van der Waals surface area (Å²) in [4.78, 5) is 28.1. The van der Waals surface area contributed by atoms with Crippen molar-refractivity contribution in [1.29, 1.82) is 5.26 Å². The number of Topliss-reactive ketones (excluding diaryl/α,β-unsaturated/α-hetero) is 1. The largest absolute Gasteiger partial charge is 0.369 e. The molecule has 1 aliphatic heterocycles. The lowest BCUT2D eigenvalue weighted by atomic mass is 9.69. The molecule has 2 N–H and O–H groups in total. The van der Waals surface area contributed by atoms with E-state index in [0.29, 0.717) is 17.9 Å². The normalized spacial score (nSPS) is 27.0. The number of nitrogens with zero attached hydrogens (tertiary/aromatic N) is 2. The Morgan fingerprint density at radius 1 is 1.50 bits per heavy atom. The maximum atomic E-state index is 12.5. The molecule has 2 rings (SSSR count). The molecule has 0 radical (unpaired) electrons. The summed E-state index contributed by atoms with van der Waals surface area (Å²) in [7, 11) is 0. The van der Waals surface area contributed by atoms with Crippen molar-refractivity contribution in [2.24, 2.45) is 28.0 Å². The van der Waals surface area contributed by atoms with E-state index < -0.39 is 11.8 Å². The van der Waals surface area contributed by atoms with E-state index in [0.717, 1.165) is 17.7 Å². The monoisotopic (exact) mass is 319 g/mol. The average Bonchev–Trinajstić information content (AvgIpc) is 2.41. The highest BCUT2D eigenvalue weighted by molar-refractivity contribution is 8.14. The fraction of sp³-hybridized carbons (Fsp3) is 0.625. The van der Waals surface area contributed by atoms with Gasteiger partial charge in [-0.15, -0.1) is 0 Å². The van der Waals surface area contributed by atoms with Gasteiger partial charge in [-0.25, -0.2) is 4.99 Å². The molecule has 0 spiro atoms. The van der Waals surface area contributed by atoms with E-state index in [1.54, 1.807) is 0 Å². The number of allylic oxidation sites excluding steroid dienone is 2. The molecular weight excluding hydrogens is 298 g/mol. The molecule has 0 aromatic rings. The fourth-order valence-corrected chi connectivity index (χ4v) is 4.08. The first-order valence-corrected chi connectivity index (χ1v) is 8.43. The minimum Gasteiger partial charge on any atom is -0.369 e. The van der Waals surface area contributed by atoms with Crippen LogP contribution in [0.2, 0.25) is 0 Å². The van der Waals surface area contributed by atoms with Crippen LogP contribution in [0.5, 0.6) is 0 Å². The van der Waals surface area contributed by atoms with Gasteiger partial charge in [0.2, 0.25) is 5.91 Å². The van der Waals surface area contributed by atoms with Crippen LogP contribution in [0.1, 0.15) is 40.0 Å². The van der Waals surface area contributed by atoms with Crippen molar-refractivity contribution >= 4 is 28.5 Å². The SMILES string of the molecule is CC[C@@H]1C2=C(CC(C)(C)CC2=O)N=C(SCC(N)=O)C1C#N. The second-order valence-corrected chi connectivity index (χ2v) is 7.62. The average molecular weight is 319 g/mol. The minimum atomic E-state index is -0.460. The summed E-state index contributed by atoms with van der Waals surface area (Å²) in [6.07, 6.45) is 1.93. The van der Waals surface area contributed by atoms with Gasteiger partial charge in [0.05, 0.1) is 16.9 Å². The van der Waals surface area contributed by atoms with Gasteiger partial charge < -0.3 is 5.73 Å². The van der Waals surface area contributed by atoms with Gasteiger partial charge in [-0.3, -0.25) is 9.59 Å². The first-order valence-electron chi connectivity index (χ1n) is 7.44. The first kappa shape index (κ1) is 16.8. The van der Waals surface area contributed by atoms with Crippen LogP contribution in [0.25, 0.3) is 0 Å². The van der Waals surface area contributed by atoms with E-state index in [9.17, 15) is 14.9 Å². The minimum absolute atomic E-state index is 0.105. The summed E-state index contributed by atoms with van der Waals surface area (Å²) >= 11 is 1.22. The van der Waals surface area contributed by atoms with E-state index in [4.69, 9.17) is 5.73 Å². The standard InChI is InChI=1S/C16H21N3O2S/c1-4-9-10(7-17)15(22-8-13(18)21)19-11-5-16(2,3)6-12(20)14(9)11/h9-10H,4-6,8H2,1-3H3,(H2,18,21)/t9-,10?/m0/s1. The lowest BCUT2D eigenvalue weighted by molar-refractivity contribution is -0.119. The zero-order valence-electron chi connectivity index (χ0n) is 13.2. The van der Waals surface area contributed by atoms with E-state index in [1.807, 2.05) is 6.92 Å². The number of primary amides is 1. The molecular formula is C16H21N3O2S. The van der Waals surface area contributed by atoms with Crippen molar-refractivity contribution in [3.63, 3.8) is 0 Å². The van der Waals surface area contributed by atoms with Crippen LogP contribution in [0.3, 0.4) is 0 Å². The van der Waals surface area contributed by atoms with Gasteiger partial charge in [-0.05, 0) is 18.3 Å². The second kappa shape index (κ2) is 6.25. The summed E-state index contributed by atoms with van der Waals surface area (Å²) in [6.45, 7) is 6.09. The summed E-state index contributed by atoms with van der Waals surface area (Å²) in [6, 6.07) is 2.26. The predicted molar refractivity (Wildman–Crippen MR) is 87.0 cm³/mol. The number of hydrogen-bond acceptors (Lipinski definition) is 5. The van der Waals surface area contributed by atoms with Crippen LogP contribution in [-0.2, 0) is 9.59 Å². The lowest BCUT2D eigenvalue weighted by Crippen LogP contribution is -2.36. The summed E-state index contributed by atoms with van der Waals surface area (Å²) in [5, 5.41) is 10.1. The van der Waals surface area contributed by atoms with E-state index >= 15 is 0 Å². The van der Waals surface area contributed by atoms with Gasteiger partial charge in [0.25, 0.3) is 0 Å². The van der Waals surface area contributed by atoms with Gasteiger partial charge >= 0.3 is 0 Å². The van der Waals surface area contributed by atoms with Crippen LogP contribution in [-0.4, -0.2) is 22.5 Å². The maximum absolute atomic E-state index is 12.5. The Morgan fingerprint density at radius 2 is 2.18 bits per heavy atom. The third-order valence-electron chi connectivity index (χ3n) is 4.12. The Hall–Kier alpha value is -1.61. The topological polar surface area (TPSA) is 96.3 Å². The highest BCUT2D eigenvalue weighted by Crippen LogP contribution is 2.45. The van der Waals surface area contributed by atoms with Crippen LogP contribution in [0, 0.1) is 28.6 Å². The van der Waals surface area contributed by atoms with Crippen molar-refractivity contribution in [2.75, 3.05) is 5.75 Å². The van der Waals surface area contributed by atoms with Crippen molar-refractivity contribution in [2.45, 2.75) is 40.0 Å². The second-order valence-electron chi connectivity index (χ2n) is 6.63. The number of nitrogens with two attached hydrogens (primary N) is 1. The first-order chi connectivity index (χ1) is 10.3. The van der Waals surface area contributed by atoms with Gasteiger partial charge in [0.15, 0.2) is 5.78 Å². The van der Waals surface area contributed by atoms with E-state index in [2.05, 4.69) is 24.9 Å². The molecule has 1 heterocycles. The summed E-state index contributed by atoms with van der Waals surface area (Å²) in [5.74, 6) is -0.805. The smallest absolute Gasteiger partial charge is 0.227 e. The molecule has 6 heteroatoms. The molecule has 1 unspecified atom stereocenters. The number of carbonyl (C=O) groups excluding carboxylic acids is 2. The van der Waals surface area contributed by atoms with Crippen LogP contribution in [0.15, 0.2) is 16.3 Å². The number of thioether (sulfide) groups is 1. The maximum Gasteiger partial charge on any atom is 0.227 e. The molecule has 0 fully saturated rings. The summed E-state index contributed by atoms with van der Waals surface area (Å²) < 4.78 is 0. The molecule has 0 aromatic heterocycles. The number of rotatable bonds is 3. The molecule has 22 heavy (non-hydrogen) atoms. The third-order valence-corrected chi connectivity index (χ3v) is 5.19. The van der Waals surface area contributed by atoms with Crippen LogP contribution >= 0.6 is 11.8 Å². The zero-order valence-corrected chi connectivity index (χ0v) is 14.0. The van der Waals surface area contributed by atoms with Gasteiger partial charge in [0, 0.05) is 23.6 Å².